The van der Waals surface area contributed by atoms with Crippen LogP contribution >= 0.6 is 0 Å². The van der Waals surface area contributed by atoms with E-state index in [1.807, 2.05) is 18.2 Å². The predicted molar refractivity (Wildman–Crippen MR) is 117 cm³/mol. The van der Waals surface area contributed by atoms with Crippen LogP contribution in [-0.2, 0) is 15.0 Å². The molecule has 3 aromatic rings. The van der Waals surface area contributed by atoms with Gasteiger partial charge in [-0.1, -0.05) is 24.3 Å². The number of nitrogens with one attached hydrogen (secondary N) is 1. The predicted octanol–water partition coefficient (Wildman–Crippen LogP) is 3.53. The Bertz CT molecular complexity index is 1340. The van der Waals surface area contributed by atoms with Gasteiger partial charge >= 0.3 is 0 Å². The molecule has 0 fully saturated rings. The smallest absolute Gasteiger partial charge is 0.246 e. The number of carbonyl (C=O) groups excluding carboxylic acids is 2. The number of hydrogen-bond donors (Lipinski definition) is 1. The van der Waals surface area contributed by atoms with Crippen molar-refractivity contribution in [3.8, 4) is 17.2 Å². The first kappa shape index (κ1) is 19.6. The maximum Gasteiger partial charge on any atom is 0.246 e. The molecule has 1 spiro atoms. The van der Waals surface area contributed by atoms with Gasteiger partial charge in [-0.15, -0.1) is 0 Å². The van der Waals surface area contributed by atoms with Crippen molar-refractivity contribution in [3.63, 3.8) is 0 Å². The van der Waals surface area contributed by atoms with Crippen LogP contribution < -0.4 is 24.4 Å². The zero-order valence-electron chi connectivity index (χ0n) is 17.7. The minimum absolute atomic E-state index is 0.0718. The van der Waals surface area contributed by atoms with Crippen molar-refractivity contribution >= 4 is 23.2 Å². The van der Waals surface area contributed by atoms with E-state index in [-0.39, 0.29) is 31.5 Å². The Morgan fingerprint density at radius 1 is 1.03 bits per heavy atom. The monoisotopic (exact) mass is 446 g/mol. The van der Waals surface area contributed by atoms with Crippen LogP contribution in [0.15, 0.2) is 54.6 Å². The molecule has 8 heteroatoms. The first-order valence-electron chi connectivity index (χ1n) is 10.5. The summed E-state index contributed by atoms with van der Waals surface area (Å²) in [6.45, 7) is 1.72. The number of halogens is 1. The van der Waals surface area contributed by atoms with Crippen LogP contribution in [0.3, 0.4) is 0 Å². The molecule has 33 heavy (non-hydrogen) atoms. The topological polar surface area (TPSA) is 77.1 Å². The molecule has 0 bridgehead atoms. The fraction of sp³-hybridized carbons (Fsp3) is 0.200. The Morgan fingerprint density at radius 2 is 1.82 bits per heavy atom. The second kappa shape index (κ2) is 6.96. The maximum absolute atomic E-state index is 14.2. The van der Waals surface area contributed by atoms with Gasteiger partial charge < -0.3 is 24.4 Å². The molecule has 1 N–H and O–H groups in total. The van der Waals surface area contributed by atoms with E-state index in [9.17, 15) is 14.0 Å². The molecule has 0 saturated carbocycles. The molecular weight excluding hydrogens is 427 g/mol. The van der Waals surface area contributed by atoms with Gasteiger partial charge in [-0.25, -0.2) is 4.39 Å². The van der Waals surface area contributed by atoms with Gasteiger partial charge in [-0.2, -0.15) is 0 Å². The van der Waals surface area contributed by atoms with E-state index in [1.54, 1.807) is 31.2 Å². The molecule has 0 radical (unpaired) electrons. The Morgan fingerprint density at radius 3 is 2.64 bits per heavy atom. The molecule has 7 nitrogen and oxygen atoms in total. The number of fused-ring (bicyclic) bond motifs is 5. The number of para-hydroxylation sites is 1. The molecule has 2 amide bonds. The summed E-state index contributed by atoms with van der Waals surface area (Å²) in [4.78, 5) is 28.1. The fourth-order valence-corrected chi connectivity index (χ4v) is 4.78. The summed E-state index contributed by atoms with van der Waals surface area (Å²) in [5.41, 5.74) is 1.77. The highest BCUT2D eigenvalue weighted by atomic mass is 19.1. The molecule has 3 aromatic carbocycles. The number of aryl methyl sites for hydroxylation is 1. The number of hydrogen-bond acceptors (Lipinski definition) is 5. The molecule has 3 aliphatic rings. The summed E-state index contributed by atoms with van der Waals surface area (Å²) in [6.07, 6.45) is 0. The number of carbonyl (C=O) groups is 2. The van der Waals surface area contributed by atoms with Crippen LogP contribution in [0.5, 0.6) is 17.2 Å². The molecule has 1 unspecified atom stereocenters. The number of benzene rings is 3. The number of ether oxygens (including phenoxy) is 3. The van der Waals surface area contributed by atoms with E-state index >= 15 is 0 Å². The Labute approximate surface area is 188 Å². The summed E-state index contributed by atoms with van der Waals surface area (Å²) < 4.78 is 31.1. The van der Waals surface area contributed by atoms with E-state index in [2.05, 4.69) is 5.32 Å². The highest BCUT2D eigenvalue weighted by Crippen LogP contribution is 2.54. The lowest BCUT2D eigenvalue weighted by molar-refractivity contribution is -0.124. The van der Waals surface area contributed by atoms with Gasteiger partial charge in [0, 0.05) is 17.3 Å². The molecule has 6 rings (SSSR count). The number of amides is 2. The van der Waals surface area contributed by atoms with E-state index in [4.69, 9.17) is 14.2 Å². The second-order valence-electron chi connectivity index (χ2n) is 8.34. The number of rotatable bonds is 3. The zero-order valence-corrected chi connectivity index (χ0v) is 17.7. The van der Waals surface area contributed by atoms with Gasteiger partial charge in [-0.3, -0.25) is 9.59 Å². The number of anilines is 2. The normalized spacial score (nSPS) is 19.5. The first-order valence-corrected chi connectivity index (χ1v) is 10.5. The third-order valence-electron chi connectivity index (χ3n) is 6.34. The lowest BCUT2D eigenvalue weighted by Gasteiger charge is -2.23. The van der Waals surface area contributed by atoms with Crippen LogP contribution in [0, 0.1) is 12.7 Å². The minimum atomic E-state index is -1.09. The Hall–Kier alpha value is -4.07. The summed E-state index contributed by atoms with van der Waals surface area (Å²) in [7, 11) is 0. The van der Waals surface area contributed by atoms with Gasteiger partial charge in [0.1, 0.15) is 30.1 Å². The standard InChI is InChI=1S/C25H19FN2O5/c1-14-6-7-18(17(26)8-14)27-23(29)11-28-19-5-3-2-4-15(19)25(24(28)30)12-31-20-10-22-21(9-16(20)25)32-13-33-22/h2-10H,11-13H2,1H3,(H,27,29). The summed E-state index contributed by atoms with van der Waals surface area (Å²) in [5, 5.41) is 2.57. The van der Waals surface area contributed by atoms with E-state index in [0.29, 0.717) is 28.5 Å². The first-order chi connectivity index (χ1) is 16.0. The van der Waals surface area contributed by atoms with Crippen LogP contribution in [-0.4, -0.2) is 31.8 Å². The van der Waals surface area contributed by atoms with Crippen LogP contribution in [0.4, 0.5) is 15.8 Å². The SMILES string of the molecule is Cc1ccc(NC(=O)CN2C(=O)C3(COc4cc5c(cc43)OCO5)c3ccccc32)c(F)c1. The van der Waals surface area contributed by atoms with E-state index in [0.717, 1.165) is 11.1 Å². The van der Waals surface area contributed by atoms with Crippen LogP contribution in [0.25, 0.3) is 0 Å². The van der Waals surface area contributed by atoms with Crippen molar-refractivity contribution in [2.24, 2.45) is 0 Å². The summed E-state index contributed by atoms with van der Waals surface area (Å²) in [5.74, 6) is 0.372. The lowest BCUT2D eigenvalue weighted by atomic mass is 9.77. The van der Waals surface area contributed by atoms with Crippen molar-refractivity contribution in [1.82, 2.24) is 0 Å². The fourth-order valence-electron chi connectivity index (χ4n) is 4.78. The van der Waals surface area contributed by atoms with Gasteiger partial charge in [0.05, 0.1) is 5.69 Å². The molecule has 3 heterocycles. The van der Waals surface area contributed by atoms with Crippen molar-refractivity contribution in [2.75, 3.05) is 30.2 Å². The molecule has 0 saturated heterocycles. The number of nitrogens with zero attached hydrogens (tertiary/aromatic N) is 1. The maximum atomic E-state index is 14.2. The zero-order chi connectivity index (χ0) is 22.7. The summed E-state index contributed by atoms with van der Waals surface area (Å²) in [6, 6.07) is 15.4. The summed E-state index contributed by atoms with van der Waals surface area (Å²) >= 11 is 0. The largest absolute Gasteiger partial charge is 0.491 e. The van der Waals surface area contributed by atoms with Gasteiger partial charge in [0.15, 0.2) is 11.5 Å². The highest BCUT2D eigenvalue weighted by Gasteiger charge is 2.57. The molecule has 0 aromatic heterocycles. The van der Waals surface area contributed by atoms with E-state index in [1.165, 1.54) is 17.0 Å². The van der Waals surface area contributed by atoms with Crippen molar-refractivity contribution < 1.29 is 28.2 Å². The van der Waals surface area contributed by atoms with Gasteiger partial charge in [0.2, 0.25) is 18.6 Å². The molecule has 3 aliphatic heterocycles. The third kappa shape index (κ3) is 2.80. The average molecular weight is 446 g/mol. The molecule has 166 valence electrons. The lowest BCUT2D eigenvalue weighted by Crippen LogP contribution is -2.45. The second-order valence-corrected chi connectivity index (χ2v) is 8.34. The Balaban J connectivity index is 1.36. The van der Waals surface area contributed by atoms with Crippen LogP contribution in [0.2, 0.25) is 0 Å². The molecular formula is C25H19FN2O5. The van der Waals surface area contributed by atoms with Crippen LogP contribution in [0.1, 0.15) is 16.7 Å². The average Bonchev–Trinajstić information content (AvgIpc) is 3.47. The third-order valence-corrected chi connectivity index (χ3v) is 6.34. The van der Waals surface area contributed by atoms with Gasteiger partial charge in [-0.05, 0) is 42.3 Å². The molecule has 0 aliphatic carbocycles. The Kier molecular flexibility index (Phi) is 4.14. The van der Waals surface area contributed by atoms with Crippen molar-refractivity contribution in [3.05, 3.63) is 77.1 Å². The minimum Gasteiger partial charge on any atom is -0.491 e. The van der Waals surface area contributed by atoms with Crippen molar-refractivity contribution in [1.29, 1.82) is 0 Å². The van der Waals surface area contributed by atoms with E-state index < -0.39 is 17.1 Å². The highest BCUT2D eigenvalue weighted by molar-refractivity contribution is 6.14. The quantitative estimate of drug-likeness (QED) is 0.666. The molecule has 1 atom stereocenters. The van der Waals surface area contributed by atoms with Gasteiger partial charge in [0.25, 0.3) is 0 Å². The van der Waals surface area contributed by atoms with Crippen molar-refractivity contribution in [2.45, 2.75) is 12.3 Å².